The Morgan fingerprint density at radius 1 is 0.684 bits per heavy atom. The lowest BCUT2D eigenvalue weighted by atomic mass is 10.1. The molecule has 0 aliphatic carbocycles. The van der Waals surface area contributed by atoms with Crippen molar-refractivity contribution in [2.45, 2.75) is 85.0 Å². The largest absolute Gasteiger partial charge is 0.378 e. The summed E-state index contributed by atoms with van der Waals surface area (Å²) in [6.07, 6.45) is 8.68. The van der Waals surface area contributed by atoms with Gasteiger partial charge in [-0.1, -0.05) is 39.0 Å². The van der Waals surface area contributed by atoms with Gasteiger partial charge >= 0.3 is 0 Å². The highest BCUT2D eigenvalue weighted by Crippen LogP contribution is 2.16. The summed E-state index contributed by atoms with van der Waals surface area (Å²) < 4.78 is 17.0. The van der Waals surface area contributed by atoms with Gasteiger partial charge in [-0.05, 0) is 27.2 Å². The number of hydrogen-bond acceptors (Lipinski definition) is 3. The first-order valence-corrected chi connectivity index (χ1v) is 8.13. The van der Waals surface area contributed by atoms with E-state index in [1.54, 1.807) is 0 Å². The van der Waals surface area contributed by atoms with Crippen LogP contribution in [0.25, 0.3) is 0 Å². The van der Waals surface area contributed by atoms with Crippen LogP contribution in [0, 0.1) is 0 Å². The Balaban J connectivity index is 3.92. The van der Waals surface area contributed by atoms with Crippen LogP contribution in [0.4, 0.5) is 0 Å². The molecule has 0 radical (unpaired) electrons. The molecule has 0 saturated heterocycles. The molecule has 1 unspecified atom stereocenters. The topological polar surface area (TPSA) is 27.7 Å². The maximum atomic E-state index is 5.81. The second kappa shape index (κ2) is 14.3. The highest BCUT2D eigenvalue weighted by Gasteiger charge is 2.17. The molecule has 0 aromatic heterocycles. The third kappa shape index (κ3) is 11.4. The summed E-state index contributed by atoms with van der Waals surface area (Å²) in [5.41, 5.74) is 0. The van der Waals surface area contributed by atoms with E-state index in [-0.39, 0.29) is 12.4 Å². The first-order valence-electron chi connectivity index (χ1n) is 8.13. The van der Waals surface area contributed by atoms with Crippen LogP contribution in [-0.4, -0.2) is 32.2 Å². The molecule has 0 aromatic carbocycles. The fraction of sp³-hybridized carbons (Fsp3) is 1.00. The van der Waals surface area contributed by atoms with E-state index in [4.69, 9.17) is 14.2 Å². The maximum Gasteiger partial charge on any atom is 0.160 e. The Morgan fingerprint density at radius 2 is 1.26 bits per heavy atom. The van der Waals surface area contributed by atoms with E-state index in [0.717, 1.165) is 19.4 Å². The third-order valence-corrected chi connectivity index (χ3v) is 3.19. The molecule has 19 heavy (non-hydrogen) atoms. The van der Waals surface area contributed by atoms with Crippen LogP contribution in [0.3, 0.4) is 0 Å². The van der Waals surface area contributed by atoms with Crippen LogP contribution in [0.2, 0.25) is 0 Å². The highest BCUT2D eigenvalue weighted by atomic mass is 16.7. The van der Waals surface area contributed by atoms with Crippen molar-refractivity contribution in [3.63, 3.8) is 0 Å². The van der Waals surface area contributed by atoms with Crippen molar-refractivity contribution in [3.05, 3.63) is 0 Å². The molecule has 3 nitrogen and oxygen atoms in total. The summed E-state index contributed by atoms with van der Waals surface area (Å²) in [6, 6.07) is 0. The van der Waals surface area contributed by atoms with Gasteiger partial charge in [0.2, 0.25) is 0 Å². The molecule has 0 spiro atoms. The Morgan fingerprint density at radius 3 is 1.79 bits per heavy atom. The Hall–Kier alpha value is -0.120. The van der Waals surface area contributed by atoms with Gasteiger partial charge < -0.3 is 14.2 Å². The SMILES string of the molecule is CCCCCCCC(CC(OCC)OCC)OCC. The maximum absolute atomic E-state index is 5.81. The van der Waals surface area contributed by atoms with Crippen molar-refractivity contribution in [1.29, 1.82) is 0 Å². The van der Waals surface area contributed by atoms with Crippen molar-refractivity contribution < 1.29 is 14.2 Å². The van der Waals surface area contributed by atoms with Gasteiger partial charge in [0.15, 0.2) is 6.29 Å². The standard InChI is InChI=1S/C16H34O3/c1-5-9-10-11-12-13-15(17-6-2)14-16(18-7-3)19-8-4/h15-16H,5-14H2,1-4H3. The Bertz CT molecular complexity index is 167. The monoisotopic (exact) mass is 274 g/mol. The van der Waals surface area contributed by atoms with Crippen LogP contribution in [0.1, 0.15) is 72.6 Å². The fourth-order valence-electron chi connectivity index (χ4n) is 2.25. The van der Waals surface area contributed by atoms with E-state index >= 15 is 0 Å². The smallest absolute Gasteiger partial charge is 0.160 e. The summed E-state index contributed by atoms with van der Waals surface area (Å²) >= 11 is 0. The number of unbranched alkanes of at least 4 members (excludes halogenated alkanes) is 4. The molecule has 0 fully saturated rings. The van der Waals surface area contributed by atoms with Crippen LogP contribution in [0.15, 0.2) is 0 Å². The van der Waals surface area contributed by atoms with Crippen LogP contribution < -0.4 is 0 Å². The van der Waals surface area contributed by atoms with Gasteiger partial charge in [0.05, 0.1) is 6.10 Å². The summed E-state index contributed by atoms with van der Waals surface area (Å²) in [5, 5.41) is 0. The summed E-state index contributed by atoms with van der Waals surface area (Å²) in [5.74, 6) is 0. The molecule has 3 heteroatoms. The Kier molecular flexibility index (Phi) is 14.2. The predicted molar refractivity (Wildman–Crippen MR) is 80.4 cm³/mol. The van der Waals surface area contributed by atoms with Gasteiger partial charge in [0.1, 0.15) is 0 Å². The molecule has 0 N–H and O–H groups in total. The lowest BCUT2D eigenvalue weighted by molar-refractivity contribution is -0.157. The van der Waals surface area contributed by atoms with Crippen molar-refractivity contribution in [2.24, 2.45) is 0 Å². The van der Waals surface area contributed by atoms with Gasteiger partial charge in [-0.3, -0.25) is 0 Å². The van der Waals surface area contributed by atoms with E-state index in [2.05, 4.69) is 13.8 Å². The quantitative estimate of drug-likeness (QED) is 0.344. The van der Waals surface area contributed by atoms with Crippen LogP contribution in [0.5, 0.6) is 0 Å². The second-order valence-electron chi connectivity index (χ2n) is 4.86. The van der Waals surface area contributed by atoms with Gasteiger partial charge in [0, 0.05) is 26.2 Å². The average molecular weight is 274 g/mol. The fourth-order valence-corrected chi connectivity index (χ4v) is 2.25. The summed E-state index contributed by atoms with van der Waals surface area (Å²) in [4.78, 5) is 0. The molecule has 0 aliphatic heterocycles. The molecule has 0 amide bonds. The molecular weight excluding hydrogens is 240 g/mol. The summed E-state index contributed by atoms with van der Waals surface area (Å²) in [6.45, 7) is 10.5. The molecule has 0 heterocycles. The van der Waals surface area contributed by atoms with Crippen LogP contribution >= 0.6 is 0 Å². The van der Waals surface area contributed by atoms with E-state index in [0.29, 0.717) is 13.2 Å². The zero-order valence-corrected chi connectivity index (χ0v) is 13.5. The van der Waals surface area contributed by atoms with Crippen molar-refractivity contribution >= 4 is 0 Å². The van der Waals surface area contributed by atoms with E-state index < -0.39 is 0 Å². The van der Waals surface area contributed by atoms with Crippen molar-refractivity contribution in [2.75, 3.05) is 19.8 Å². The van der Waals surface area contributed by atoms with Crippen molar-refractivity contribution in [3.8, 4) is 0 Å². The number of ether oxygens (including phenoxy) is 3. The van der Waals surface area contributed by atoms with Gasteiger partial charge in [-0.2, -0.15) is 0 Å². The van der Waals surface area contributed by atoms with E-state index in [1.165, 1.54) is 32.1 Å². The predicted octanol–water partition coefficient (Wildman–Crippen LogP) is 4.54. The average Bonchev–Trinajstić information content (AvgIpc) is 2.39. The highest BCUT2D eigenvalue weighted by molar-refractivity contribution is 4.62. The first kappa shape index (κ1) is 18.9. The van der Waals surface area contributed by atoms with Crippen LogP contribution in [-0.2, 0) is 14.2 Å². The zero-order valence-electron chi connectivity index (χ0n) is 13.5. The molecule has 116 valence electrons. The molecule has 0 aromatic rings. The molecule has 0 bridgehead atoms. The van der Waals surface area contributed by atoms with Gasteiger partial charge in [-0.25, -0.2) is 0 Å². The molecule has 0 rings (SSSR count). The minimum absolute atomic E-state index is 0.109. The van der Waals surface area contributed by atoms with Gasteiger partial charge in [0.25, 0.3) is 0 Å². The van der Waals surface area contributed by atoms with E-state index in [9.17, 15) is 0 Å². The first-order chi connectivity index (χ1) is 9.28. The minimum atomic E-state index is -0.109. The normalized spacial score (nSPS) is 13.1. The number of rotatable bonds is 14. The second-order valence-corrected chi connectivity index (χ2v) is 4.86. The van der Waals surface area contributed by atoms with Crippen molar-refractivity contribution in [1.82, 2.24) is 0 Å². The lowest BCUT2D eigenvalue weighted by Crippen LogP contribution is -2.26. The number of hydrogen-bond donors (Lipinski definition) is 0. The minimum Gasteiger partial charge on any atom is -0.378 e. The van der Waals surface area contributed by atoms with E-state index in [1.807, 2.05) is 13.8 Å². The third-order valence-electron chi connectivity index (χ3n) is 3.19. The molecular formula is C16H34O3. The van der Waals surface area contributed by atoms with Gasteiger partial charge in [-0.15, -0.1) is 0 Å². The molecule has 0 aliphatic rings. The Labute approximate surface area is 120 Å². The zero-order chi connectivity index (χ0) is 14.3. The summed E-state index contributed by atoms with van der Waals surface area (Å²) in [7, 11) is 0. The lowest BCUT2D eigenvalue weighted by Gasteiger charge is -2.23. The molecule has 0 saturated carbocycles. The molecule has 1 atom stereocenters.